The van der Waals surface area contributed by atoms with Crippen LogP contribution in [0.15, 0.2) is 45.5 Å². The van der Waals surface area contributed by atoms with Gasteiger partial charge in [0, 0.05) is 24.9 Å². The second-order valence-corrected chi connectivity index (χ2v) is 5.41. The second kappa shape index (κ2) is 5.42. The van der Waals surface area contributed by atoms with Crippen LogP contribution in [0.1, 0.15) is 28.6 Å². The van der Waals surface area contributed by atoms with E-state index in [1.54, 1.807) is 24.1 Å². The maximum absolute atomic E-state index is 12.5. The molecule has 2 aromatic rings. The number of carbonyl (C=O) groups excluding carboxylic acids is 1. The number of nitrogens with zero attached hydrogens (tertiary/aromatic N) is 1. The van der Waals surface area contributed by atoms with Gasteiger partial charge in [-0.05, 0) is 40.5 Å². The lowest BCUT2D eigenvalue weighted by Gasteiger charge is -2.33. The number of methoxy groups -OCH3 is 1. The molecule has 0 saturated carbocycles. The third kappa shape index (κ3) is 2.27. The summed E-state index contributed by atoms with van der Waals surface area (Å²) >= 11 is 3.22. The number of rotatable bonds is 2. The summed E-state index contributed by atoms with van der Waals surface area (Å²) in [6.07, 6.45) is 0.819. The largest absolute Gasteiger partial charge is 0.444 e. The summed E-state index contributed by atoms with van der Waals surface area (Å²) in [7, 11) is 1.70. The van der Waals surface area contributed by atoms with Gasteiger partial charge in [0.25, 0.3) is 5.91 Å². The van der Waals surface area contributed by atoms with Crippen molar-refractivity contribution in [1.82, 2.24) is 0 Å². The quantitative estimate of drug-likeness (QED) is 0.838. The van der Waals surface area contributed by atoms with Crippen molar-refractivity contribution in [2.45, 2.75) is 12.5 Å². The Hall–Kier alpha value is -1.59. The van der Waals surface area contributed by atoms with Gasteiger partial charge in [0.15, 0.2) is 10.4 Å². The Morgan fingerprint density at radius 1 is 1.35 bits per heavy atom. The van der Waals surface area contributed by atoms with Crippen LogP contribution in [0.4, 0.5) is 5.69 Å². The third-order valence-corrected chi connectivity index (χ3v) is 3.93. The van der Waals surface area contributed by atoms with Gasteiger partial charge in [-0.25, -0.2) is 0 Å². The van der Waals surface area contributed by atoms with E-state index >= 15 is 0 Å². The summed E-state index contributed by atoms with van der Waals surface area (Å²) in [5.41, 5.74) is 1.93. The number of hydrogen-bond acceptors (Lipinski definition) is 3. The lowest BCUT2D eigenvalue weighted by Crippen LogP contribution is -2.36. The first-order chi connectivity index (χ1) is 9.70. The van der Waals surface area contributed by atoms with Crippen LogP contribution >= 0.6 is 15.9 Å². The Bertz CT molecular complexity index is 638. The van der Waals surface area contributed by atoms with Crippen molar-refractivity contribution in [3.05, 3.63) is 52.4 Å². The summed E-state index contributed by atoms with van der Waals surface area (Å²) in [4.78, 5) is 14.3. The Kier molecular flexibility index (Phi) is 3.63. The fraction of sp³-hybridized carbons (Fsp3) is 0.267. The van der Waals surface area contributed by atoms with E-state index in [1.807, 2.05) is 24.3 Å². The van der Waals surface area contributed by atoms with Gasteiger partial charge in [0.05, 0.1) is 6.10 Å². The summed E-state index contributed by atoms with van der Waals surface area (Å²) < 4.78 is 11.4. The fourth-order valence-electron chi connectivity index (χ4n) is 2.55. The fourth-order valence-corrected chi connectivity index (χ4v) is 2.85. The van der Waals surface area contributed by atoms with Gasteiger partial charge >= 0.3 is 0 Å². The highest BCUT2D eigenvalue weighted by Crippen LogP contribution is 2.36. The molecule has 1 aromatic heterocycles. The average Bonchev–Trinajstić information content (AvgIpc) is 2.92. The first kappa shape index (κ1) is 13.4. The Morgan fingerprint density at radius 3 is 2.85 bits per heavy atom. The molecule has 5 heteroatoms. The van der Waals surface area contributed by atoms with Crippen molar-refractivity contribution in [2.75, 3.05) is 18.6 Å². The number of carbonyl (C=O) groups is 1. The molecule has 0 saturated heterocycles. The van der Waals surface area contributed by atoms with Gasteiger partial charge in [-0.1, -0.05) is 18.2 Å². The number of para-hydroxylation sites is 1. The van der Waals surface area contributed by atoms with Gasteiger partial charge in [0.1, 0.15) is 0 Å². The predicted molar refractivity (Wildman–Crippen MR) is 78.9 cm³/mol. The van der Waals surface area contributed by atoms with Gasteiger partial charge in [-0.2, -0.15) is 0 Å². The van der Waals surface area contributed by atoms with Crippen LogP contribution in [0.2, 0.25) is 0 Å². The lowest BCUT2D eigenvalue weighted by atomic mass is 9.98. The monoisotopic (exact) mass is 335 g/mol. The predicted octanol–water partition coefficient (Wildman–Crippen LogP) is 3.78. The maximum atomic E-state index is 12.5. The van der Waals surface area contributed by atoms with Crippen molar-refractivity contribution < 1.29 is 13.9 Å². The minimum absolute atomic E-state index is 0.0404. The summed E-state index contributed by atoms with van der Waals surface area (Å²) in [5.74, 6) is 0.209. The first-order valence-corrected chi connectivity index (χ1v) is 7.19. The third-order valence-electron chi connectivity index (χ3n) is 3.50. The summed E-state index contributed by atoms with van der Waals surface area (Å²) in [6, 6.07) is 11.2. The van der Waals surface area contributed by atoms with Crippen molar-refractivity contribution in [1.29, 1.82) is 0 Å². The minimum atomic E-state index is -0.127. The minimum Gasteiger partial charge on any atom is -0.444 e. The molecule has 2 heterocycles. The molecule has 0 spiro atoms. The standard InChI is InChI=1S/C15H14BrNO3/c1-19-12-8-9-17(11-5-3-2-4-10(11)12)15(18)13-6-7-14(16)20-13/h2-7,12H,8-9H2,1H3. The second-order valence-electron chi connectivity index (χ2n) is 4.63. The van der Waals surface area contributed by atoms with Crippen molar-refractivity contribution in [2.24, 2.45) is 0 Å². The zero-order valence-corrected chi connectivity index (χ0v) is 12.6. The van der Waals surface area contributed by atoms with Gasteiger partial charge in [-0.3, -0.25) is 4.79 Å². The van der Waals surface area contributed by atoms with Crippen molar-refractivity contribution in [3.8, 4) is 0 Å². The van der Waals surface area contributed by atoms with Crippen LogP contribution in [-0.2, 0) is 4.74 Å². The van der Waals surface area contributed by atoms with Crippen LogP contribution in [0, 0.1) is 0 Å². The van der Waals surface area contributed by atoms with Gasteiger partial charge < -0.3 is 14.1 Å². The number of ether oxygens (including phenoxy) is 1. The number of furan rings is 1. The number of hydrogen-bond donors (Lipinski definition) is 0. The molecule has 4 nitrogen and oxygen atoms in total. The van der Waals surface area contributed by atoms with E-state index in [2.05, 4.69) is 15.9 Å². The number of halogens is 1. The van der Waals surface area contributed by atoms with Crippen LogP contribution in [0.5, 0.6) is 0 Å². The molecule has 1 aliphatic rings. The number of anilines is 1. The van der Waals surface area contributed by atoms with Crippen LogP contribution < -0.4 is 4.90 Å². The summed E-state index contributed by atoms with van der Waals surface area (Å²) in [6.45, 7) is 0.618. The Balaban J connectivity index is 1.97. The molecule has 20 heavy (non-hydrogen) atoms. The Labute approximate surface area is 125 Å². The molecule has 0 N–H and O–H groups in total. The molecule has 3 rings (SSSR count). The molecule has 1 aromatic carbocycles. The van der Waals surface area contributed by atoms with E-state index < -0.39 is 0 Å². The maximum Gasteiger partial charge on any atom is 0.294 e. The van der Waals surface area contributed by atoms with E-state index in [1.165, 1.54) is 0 Å². The molecule has 1 amide bonds. The van der Waals surface area contributed by atoms with E-state index in [0.29, 0.717) is 17.0 Å². The SMILES string of the molecule is COC1CCN(C(=O)c2ccc(Br)o2)c2ccccc21. The number of amides is 1. The molecule has 0 radical (unpaired) electrons. The topological polar surface area (TPSA) is 42.7 Å². The average molecular weight is 336 g/mol. The first-order valence-electron chi connectivity index (χ1n) is 6.39. The van der Waals surface area contributed by atoms with E-state index in [4.69, 9.17) is 9.15 Å². The highest BCUT2D eigenvalue weighted by Gasteiger charge is 2.30. The van der Waals surface area contributed by atoms with E-state index in [0.717, 1.165) is 17.7 Å². The van der Waals surface area contributed by atoms with Crippen LogP contribution in [0.3, 0.4) is 0 Å². The molecule has 1 atom stereocenters. The highest BCUT2D eigenvalue weighted by molar-refractivity contribution is 9.10. The van der Waals surface area contributed by atoms with Crippen molar-refractivity contribution >= 4 is 27.5 Å². The number of fused-ring (bicyclic) bond motifs is 1. The van der Waals surface area contributed by atoms with Gasteiger partial charge in [0.2, 0.25) is 0 Å². The van der Waals surface area contributed by atoms with Crippen LogP contribution in [0.25, 0.3) is 0 Å². The summed E-state index contributed by atoms with van der Waals surface area (Å²) in [5, 5.41) is 0. The molecule has 1 unspecified atom stereocenters. The normalized spacial score (nSPS) is 17.9. The molecular formula is C15H14BrNO3. The van der Waals surface area contributed by atoms with E-state index in [-0.39, 0.29) is 12.0 Å². The van der Waals surface area contributed by atoms with Crippen molar-refractivity contribution in [3.63, 3.8) is 0 Å². The lowest BCUT2D eigenvalue weighted by molar-refractivity contribution is 0.0854. The molecule has 0 fully saturated rings. The zero-order valence-electron chi connectivity index (χ0n) is 11.0. The smallest absolute Gasteiger partial charge is 0.294 e. The van der Waals surface area contributed by atoms with Gasteiger partial charge in [-0.15, -0.1) is 0 Å². The van der Waals surface area contributed by atoms with Crippen LogP contribution in [-0.4, -0.2) is 19.6 Å². The molecular weight excluding hydrogens is 322 g/mol. The number of benzene rings is 1. The molecule has 0 aliphatic carbocycles. The Morgan fingerprint density at radius 2 is 2.15 bits per heavy atom. The molecule has 1 aliphatic heterocycles. The zero-order chi connectivity index (χ0) is 14.1. The molecule has 0 bridgehead atoms. The molecule has 104 valence electrons. The van der Waals surface area contributed by atoms with E-state index in [9.17, 15) is 4.79 Å². The highest BCUT2D eigenvalue weighted by atomic mass is 79.9.